The fourth-order valence-corrected chi connectivity index (χ4v) is 2.31. The van der Waals surface area contributed by atoms with Gasteiger partial charge in [0.05, 0.1) is 12.8 Å². The monoisotopic (exact) mass is 303 g/mol. The van der Waals surface area contributed by atoms with E-state index in [4.69, 9.17) is 16.3 Å². The van der Waals surface area contributed by atoms with Gasteiger partial charge >= 0.3 is 0 Å². The molecule has 7 heteroatoms. The molecule has 3 rings (SSSR count). The number of aromatic nitrogens is 2. The average Bonchev–Trinajstić information content (AvgIpc) is 2.74. The number of hydrogen-bond acceptors (Lipinski definition) is 5. The lowest BCUT2D eigenvalue weighted by Crippen LogP contribution is -2.30. The van der Waals surface area contributed by atoms with E-state index in [9.17, 15) is 9.59 Å². The standard InChI is InChI=1S/C14H10ClN3O3/c1-7-5-9(10(21-2)6-8(7)15)18-13(19)11-12(14(18)20)17-4-3-16-11/h3-6H,1-2H3. The maximum atomic E-state index is 12.4. The molecule has 1 aromatic heterocycles. The van der Waals surface area contributed by atoms with Gasteiger partial charge in [0, 0.05) is 23.5 Å². The van der Waals surface area contributed by atoms with Crippen molar-refractivity contribution >= 4 is 29.1 Å². The van der Waals surface area contributed by atoms with Crippen LogP contribution in [0, 0.1) is 6.92 Å². The third kappa shape index (κ3) is 1.95. The molecule has 6 nitrogen and oxygen atoms in total. The predicted molar refractivity (Wildman–Crippen MR) is 75.9 cm³/mol. The number of amides is 2. The SMILES string of the molecule is COc1cc(Cl)c(C)cc1N1C(=O)c2nccnc2C1=O. The number of carbonyl (C=O) groups excluding carboxylic acids is 2. The second-order valence-corrected chi connectivity index (χ2v) is 4.88. The first kappa shape index (κ1) is 13.5. The number of halogens is 1. The Morgan fingerprint density at radius 1 is 1.10 bits per heavy atom. The Morgan fingerprint density at radius 3 is 2.19 bits per heavy atom. The van der Waals surface area contributed by atoms with E-state index in [1.807, 2.05) is 0 Å². The number of methoxy groups -OCH3 is 1. The Kier molecular flexibility index (Phi) is 3.10. The molecule has 1 aromatic carbocycles. The summed E-state index contributed by atoms with van der Waals surface area (Å²) in [4.78, 5) is 33.6. The molecule has 0 radical (unpaired) electrons. The van der Waals surface area contributed by atoms with Crippen molar-refractivity contribution in [3.8, 4) is 5.75 Å². The smallest absolute Gasteiger partial charge is 0.286 e. The lowest BCUT2D eigenvalue weighted by atomic mass is 10.2. The van der Waals surface area contributed by atoms with Crippen LogP contribution in [0.15, 0.2) is 24.5 Å². The number of anilines is 1. The zero-order valence-electron chi connectivity index (χ0n) is 11.3. The molecule has 0 aliphatic carbocycles. The molecule has 2 heterocycles. The number of imide groups is 1. The maximum absolute atomic E-state index is 12.4. The highest BCUT2D eigenvalue weighted by atomic mass is 35.5. The van der Waals surface area contributed by atoms with Crippen molar-refractivity contribution in [1.29, 1.82) is 0 Å². The number of aryl methyl sites for hydroxylation is 1. The van der Waals surface area contributed by atoms with E-state index < -0.39 is 11.8 Å². The van der Waals surface area contributed by atoms with Crippen molar-refractivity contribution in [2.45, 2.75) is 6.92 Å². The van der Waals surface area contributed by atoms with Gasteiger partial charge in [0.15, 0.2) is 11.4 Å². The summed E-state index contributed by atoms with van der Waals surface area (Å²) in [5.41, 5.74) is 1.13. The zero-order chi connectivity index (χ0) is 15.1. The summed E-state index contributed by atoms with van der Waals surface area (Å²) in [6.07, 6.45) is 2.75. The molecular weight excluding hydrogens is 294 g/mol. The van der Waals surface area contributed by atoms with E-state index >= 15 is 0 Å². The first-order valence-corrected chi connectivity index (χ1v) is 6.46. The molecule has 1 aliphatic heterocycles. The van der Waals surface area contributed by atoms with Crippen LogP contribution < -0.4 is 9.64 Å². The van der Waals surface area contributed by atoms with Gasteiger partial charge in [0.2, 0.25) is 0 Å². The molecule has 2 amide bonds. The number of ether oxygens (including phenoxy) is 1. The normalized spacial score (nSPS) is 13.6. The summed E-state index contributed by atoms with van der Waals surface area (Å²) in [5, 5.41) is 0.489. The summed E-state index contributed by atoms with van der Waals surface area (Å²) >= 11 is 6.04. The number of rotatable bonds is 2. The van der Waals surface area contributed by atoms with E-state index in [-0.39, 0.29) is 11.4 Å². The van der Waals surface area contributed by atoms with E-state index in [0.717, 1.165) is 10.5 Å². The second kappa shape index (κ2) is 4.82. The van der Waals surface area contributed by atoms with Crippen molar-refractivity contribution in [1.82, 2.24) is 9.97 Å². The summed E-state index contributed by atoms with van der Waals surface area (Å²) in [6, 6.07) is 3.19. The van der Waals surface area contributed by atoms with Gasteiger partial charge in [-0.05, 0) is 18.6 Å². The van der Waals surface area contributed by atoms with Gasteiger partial charge in [0.25, 0.3) is 11.8 Å². The minimum atomic E-state index is -0.525. The highest BCUT2D eigenvalue weighted by Crippen LogP contribution is 2.37. The fraction of sp³-hybridized carbons (Fsp3) is 0.143. The number of hydrogen-bond donors (Lipinski definition) is 0. The lowest BCUT2D eigenvalue weighted by Gasteiger charge is -2.18. The topological polar surface area (TPSA) is 72.4 Å². The van der Waals surface area contributed by atoms with E-state index in [0.29, 0.717) is 16.5 Å². The molecule has 106 valence electrons. The Bertz CT molecular complexity index is 741. The van der Waals surface area contributed by atoms with E-state index in [2.05, 4.69) is 9.97 Å². The first-order chi connectivity index (χ1) is 10.0. The largest absolute Gasteiger partial charge is 0.494 e. The van der Waals surface area contributed by atoms with Crippen LogP contribution in [0.2, 0.25) is 5.02 Å². The predicted octanol–water partition coefficient (Wildman–Crippen LogP) is 2.25. The number of benzene rings is 1. The molecule has 0 bridgehead atoms. The van der Waals surface area contributed by atoms with Crippen molar-refractivity contribution in [2.75, 3.05) is 12.0 Å². The Labute approximate surface area is 125 Å². The second-order valence-electron chi connectivity index (χ2n) is 4.47. The van der Waals surface area contributed by atoms with Crippen LogP contribution in [0.3, 0.4) is 0 Å². The van der Waals surface area contributed by atoms with Gasteiger partial charge in [0.1, 0.15) is 5.75 Å². The van der Waals surface area contributed by atoms with Crippen LogP contribution in [0.5, 0.6) is 5.75 Å². The van der Waals surface area contributed by atoms with E-state index in [1.165, 1.54) is 19.5 Å². The molecule has 0 saturated heterocycles. The van der Waals surface area contributed by atoms with Gasteiger partial charge in [-0.15, -0.1) is 0 Å². The van der Waals surface area contributed by atoms with Crippen LogP contribution in [0.1, 0.15) is 26.5 Å². The van der Waals surface area contributed by atoms with Crippen LogP contribution in [-0.2, 0) is 0 Å². The quantitative estimate of drug-likeness (QED) is 0.796. The maximum Gasteiger partial charge on any atom is 0.286 e. The summed E-state index contributed by atoms with van der Waals surface area (Å²) in [5.74, 6) is -0.716. The van der Waals surface area contributed by atoms with Gasteiger partial charge in [-0.1, -0.05) is 11.6 Å². The average molecular weight is 304 g/mol. The molecule has 0 saturated carbocycles. The highest BCUT2D eigenvalue weighted by Gasteiger charge is 2.40. The van der Waals surface area contributed by atoms with Crippen molar-refractivity contribution < 1.29 is 14.3 Å². The molecule has 2 aromatic rings. The third-order valence-corrected chi connectivity index (χ3v) is 3.62. The third-order valence-electron chi connectivity index (χ3n) is 3.21. The molecule has 0 atom stereocenters. The van der Waals surface area contributed by atoms with Gasteiger partial charge in [-0.25, -0.2) is 14.9 Å². The molecular formula is C14H10ClN3O3. The molecule has 0 unspecified atom stereocenters. The highest BCUT2D eigenvalue weighted by molar-refractivity contribution is 6.34. The van der Waals surface area contributed by atoms with E-state index in [1.54, 1.807) is 19.1 Å². The van der Waals surface area contributed by atoms with Crippen LogP contribution in [0.4, 0.5) is 5.69 Å². The number of fused-ring (bicyclic) bond motifs is 1. The van der Waals surface area contributed by atoms with Crippen molar-refractivity contribution in [3.05, 3.63) is 46.5 Å². The van der Waals surface area contributed by atoms with Crippen LogP contribution in [-0.4, -0.2) is 28.9 Å². The summed E-state index contributed by atoms with van der Waals surface area (Å²) < 4.78 is 5.22. The van der Waals surface area contributed by atoms with Crippen molar-refractivity contribution in [2.24, 2.45) is 0 Å². The lowest BCUT2D eigenvalue weighted by molar-refractivity contribution is 0.0922. The Morgan fingerprint density at radius 2 is 1.67 bits per heavy atom. The zero-order valence-corrected chi connectivity index (χ0v) is 12.0. The molecule has 0 N–H and O–H groups in total. The number of nitrogens with zero attached hydrogens (tertiary/aromatic N) is 3. The van der Waals surface area contributed by atoms with Crippen LogP contribution in [0.25, 0.3) is 0 Å². The summed E-state index contributed by atoms with van der Waals surface area (Å²) in [7, 11) is 1.44. The molecule has 1 aliphatic rings. The number of carbonyl (C=O) groups is 2. The Balaban J connectivity index is 2.17. The molecule has 0 fully saturated rings. The van der Waals surface area contributed by atoms with Gasteiger partial charge < -0.3 is 4.74 Å². The Hall–Kier alpha value is -2.47. The van der Waals surface area contributed by atoms with Gasteiger partial charge in [-0.2, -0.15) is 0 Å². The van der Waals surface area contributed by atoms with Gasteiger partial charge in [-0.3, -0.25) is 9.59 Å². The minimum Gasteiger partial charge on any atom is -0.494 e. The molecule has 21 heavy (non-hydrogen) atoms. The van der Waals surface area contributed by atoms with Crippen molar-refractivity contribution in [3.63, 3.8) is 0 Å². The minimum absolute atomic E-state index is 0.0390. The fourth-order valence-electron chi connectivity index (χ4n) is 2.16. The first-order valence-electron chi connectivity index (χ1n) is 6.08. The molecule has 0 spiro atoms. The summed E-state index contributed by atoms with van der Waals surface area (Å²) in [6.45, 7) is 1.78. The van der Waals surface area contributed by atoms with Crippen LogP contribution >= 0.6 is 11.6 Å².